The predicted octanol–water partition coefficient (Wildman–Crippen LogP) is 3.26. The largest absolute Gasteiger partial charge is 0.323 e. The van der Waals surface area contributed by atoms with E-state index in [0.717, 1.165) is 23.9 Å². The Bertz CT molecular complexity index is 786. The summed E-state index contributed by atoms with van der Waals surface area (Å²) in [5.41, 5.74) is 2.82. The zero-order valence-corrected chi connectivity index (χ0v) is 13.8. The van der Waals surface area contributed by atoms with Gasteiger partial charge >= 0.3 is 6.03 Å². The van der Waals surface area contributed by atoms with E-state index < -0.39 is 10.0 Å². The highest BCUT2D eigenvalue weighted by atomic mass is 32.2. The van der Waals surface area contributed by atoms with Crippen molar-refractivity contribution in [3.8, 4) is 0 Å². The van der Waals surface area contributed by atoms with Crippen molar-refractivity contribution in [3.05, 3.63) is 54.1 Å². The lowest BCUT2D eigenvalue weighted by molar-refractivity contribution is 0.262. The van der Waals surface area contributed by atoms with E-state index in [1.807, 2.05) is 31.2 Å². The number of para-hydroxylation sites is 1. The van der Waals surface area contributed by atoms with E-state index in [1.54, 1.807) is 24.3 Å². The summed E-state index contributed by atoms with van der Waals surface area (Å²) in [7, 11) is -3.31. The SMILES string of the molecule is CCc1ccccc1NC(=O)Nc1ccc(NS(C)(=O)=O)cc1. The summed E-state index contributed by atoms with van der Waals surface area (Å²) >= 11 is 0. The van der Waals surface area contributed by atoms with Gasteiger partial charge in [-0.3, -0.25) is 4.72 Å². The lowest BCUT2D eigenvalue weighted by Gasteiger charge is -2.11. The predicted molar refractivity (Wildman–Crippen MR) is 93.4 cm³/mol. The number of carbonyl (C=O) groups is 1. The molecule has 0 fully saturated rings. The van der Waals surface area contributed by atoms with Crippen molar-refractivity contribution in [3.63, 3.8) is 0 Å². The third-order valence-corrected chi connectivity index (χ3v) is 3.70. The zero-order valence-electron chi connectivity index (χ0n) is 13.0. The summed E-state index contributed by atoms with van der Waals surface area (Å²) in [4.78, 5) is 12.0. The molecule has 23 heavy (non-hydrogen) atoms. The molecule has 0 aliphatic carbocycles. The third-order valence-electron chi connectivity index (χ3n) is 3.09. The molecule has 0 bridgehead atoms. The van der Waals surface area contributed by atoms with Crippen LogP contribution < -0.4 is 15.4 Å². The molecule has 0 saturated carbocycles. The Labute approximate surface area is 136 Å². The van der Waals surface area contributed by atoms with E-state index >= 15 is 0 Å². The maximum Gasteiger partial charge on any atom is 0.323 e. The van der Waals surface area contributed by atoms with E-state index in [2.05, 4.69) is 15.4 Å². The van der Waals surface area contributed by atoms with Crippen LogP contribution in [0.2, 0.25) is 0 Å². The number of sulfonamides is 1. The molecule has 3 N–H and O–H groups in total. The van der Waals surface area contributed by atoms with E-state index in [-0.39, 0.29) is 6.03 Å². The number of hydrogen-bond acceptors (Lipinski definition) is 3. The molecule has 122 valence electrons. The molecule has 2 aromatic carbocycles. The second-order valence-corrected chi connectivity index (χ2v) is 6.79. The number of anilines is 3. The maximum atomic E-state index is 12.0. The summed E-state index contributed by atoms with van der Waals surface area (Å²) in [6.45, 7) is 2.02. The molecule has 6 nitrogen and oxygen atoms in total. The van der Waals surface area contributed by atoms with Gasteiger partial charge in [-0.2, -0.15) is 0 Å². The molecule has 7 heteroatoms. The molecule has 0 spiro atoms. The summed E-state index contributed by atoms with van der Waals surface area (Å²) in [6, 6.07) is 13.6. The topological polar surface area (TPSA) is 87.3 Å². The van der Waals surface area contributed by atoms with E-state index in [0.29, 0.717) is 11.4 Å². The fourth-order valence-electron chi connectivity index (χ4n) is 2.07. The van der Waals surface area contributed by atoms with Gasteiger partial charge in [0.1, 0.15) is 0 Å². The molecule has 0 aromatic heterocycles. The van der Waals surface area contributed by atoms with Crippen molar-refractivity contribution in [1.82, 2.24) is 0 Å². The molecule has 2 aromatic rings. The Morgan fingerprint density at radius 1 is 0.957 bits per heavy atom. The van der Waals surface area contributed by atoms with Crippen LogP contribution in [0, 0.1) is 0 Å². The first-order valence-electron chi connectivity index (χ1n) is 7.11. The standard InChI is InChI=1S/C16H19N3O3S/c1-3-12-6-4-5-7-15(12)18-16(20)17-13-8-10-14(11-9-13)19-23(2,21)22/h4-11,19H,3H2,1-2H3,(H2,17,18,20). The minimum atomic E-state index is -3.31. The molecule has 0 radical (unpaired) electrons. The van der Waals surface area contributed by atoms with E-state index in [4.69, 9.17) is 0 Å². The normalized spacial score (nSPS) is 10.9. The lowest BCUT2D eigenvalue weighted by Crippen LogP contribution is -2.20. The van der Waals surface area contributed by atoms with Crippen LogP contribution in [0.25, 0.3) is 0 Å². The zero-order chi connectivity index (χ0) is 16.9. The summed E-state index contributed by atoms with van der Waals surface area (Å²) in [5, 5.41) is 5.51. The van der Waals surface area contributed by atoms with Crippen molar-refractivity contribution in [2.45, 2.75) is 13.3 Å². The molecule has 0 atom stereocenters. The van der Waals surface area contributed by atoms with Crippen LogP contribution in [-0.2, 0) is 16.4 Å². The van der Waals surface area contributed by atoms with Gasteiger partial charge in [0, 0.05) is 17.1 Å². The fourth-order valence-corrected chi connectivity index (χ4v) is 2.64. The number of benzene rings is 2. The quantitative estimate of drug-likeness (QED) is 0.785. The van der Waals surface area contributed by atoms with E-state index in [9.17, 15) is 13.2 Å². The molecular weight excluding hydrogens is 314 g/mol. The van der Waals surface area contributed by atoms with Crippen molar-refractivity contribution in [2.75, 3.05) is 21.6 Å². The highest BCUT2D eigenvalue weighted by Gasteiger charge is 2.06. The van der Waals surface area contributed by atoms with Gasteiger partial charge < -0.3 is 10.6 Å². The molecule has 0 saturated heterocycles. The molecule has 0 aliphatic heterocycles. The van der Waals surface area contributed by atoms with Crippen LogP contribution in [0.15, 0.2) is 48.5 Å². The van der Waals surface area contributed by atoms with Crippen molar-refractivity contribution >= 4 is 33.1 Å². The molecule has 0 heterocycles. The van der Waals surface area contributed by atoms with Crippen LogP contribution in [0.5, 0.6) is 0 Å². The van der Waals surface area contributed by atoms with Gasteiger partial charge in [-0.15, -0.1) is 0 Å². The summed E-state index contributed by atoms with van der Waals surface area (Å²) in [5.74, 6) is 0. The average Bonchev–Trinajstić information content (AvgIpc) is 2.48. The van der Waals surface area contributed by atoms with Gasteiger partial charge in [-0.1, -0.05) is 25.1 Å². The first-order chi connectivity index (χ1) is 10.9. The number of nitrogens with one attached hydrogen (secondary N) is 3. The number of aryl methyl sites for hydroxylation is 1. The fraction of sp³-hybridized carbons (Fsp3) is 0.188. The van der Waals surface area contributed by atoms with Crippen LogP contribution in [0.1, 0.15) is 12.5 Å². The van der Waals surface area contributed by atoms with Crippen molar-refractivity contribution in [1.29, 1.82) is 0 Å². The van der Waals surface area contributed by atoms with Crippen LogP contribution in [0.4, 0.5) is 21.9 Å². The summed E-state index contributed by atoms with van der Waals surface area (Å²) < 4.78 is 24.6. The number of urea groups is 1. The monoisotopic (exact) mass is 333 g/mol. The van der Waals surface area contributed by atoms with Crippen LogP contribution in [0.3, 0.4) is 0 Å². The van der Waals surface area contributed by atoms with E-state index in [1.165, 1.54) is 0 Å². The van der Waals surface area contributed by atoms with Gasteiger partial charge in [-0.25, -0.2) is 13.2 Å². The van der Waals surface area contributed by atoms with Crippen molar-refractivity contribution in [2.24, 2.45) is 0 Å². The number of rotatable bonds is 5. The lowest BCUT2D eigenvalue weighted by atomic mass is 10.1. The van der Waals surface area contributed by atoms with Gasteiger partial charge in [0.05, 0.1) is 6.26 Å². The van der Waals surface area contributed by atoms with Gasteiger partial charge in [0.15, 0.2) is 0 Å². The number of amides is 2. The second kappa shape index (κ2) is 7.15. The van der Waals surface area contributed by atoms with Gasteiger partial charge in [0.2, 0.25) is 10.0 Å². The molecule has 0 unspecified atom stereocenters. The number of hydrogen-bond donors (Lipinski definition) is 3. The summed E-state index contributed by atoms with van der Waals surface area (Å²) in [6.07, 6.45) is 1.90. The molecular formula is C16H19N3O3S. The number of carbonyl (C=O) groups excluding carboxylic acids is 1. The minimum Gasteiger partial charge on any atom is -0.308 e. The average molecular weight is 333 g/mol. The Morgan fingerprint density at radius 3 is 2.17 bits per heavy atom. The molecule has 0 aliphatic rings. The molecule has 2 rings (SSSR count). The first kappa shape index (κ1) is 16.8. The maximum absolute atomic E-state index is 12.0. The Hall–Kier alpha value is -2.54. The van der Waals surface area contributed by atoms with Crippen LogP contribution in [-0.4, -0.2) is 20.7 Å². The Kier molecular flexibility index (Phi) is 5.23. The highest BCUT2D eigenvalue weighted by Crippen LogP contribution is 2.17. The molecule has 2 amide bonds. The highest BCUT2D eigenvalue weighted by molar-refractivity contribution is 7.92. The first-order valence-corrected chi connectivity index (χ1v) is 9.00. The van der Waals surface area contributed by atoms with Gasteiger partial charge in [-0.05, 0) is 42.3 Å². The van der Waals surface area contributed by atoms with Gasteiger partial charge in [0.25, 0.3) is 0 Å². The van der Waals surface area contributed by atoms with Crippen molar-refractivity contribution < 1.29 is 13.2 Å². The third kappa shape index (κ3) is 5.30. The Balaban J connectivity index is 2.00. The second-order valence-electron chi connectivity index (χ2n) is 5.04. The smallest absolute Gasteiger partial charge is 0.308 e. The Morgan fingerprint density at radius 2 is 1.57 bits per heavy atom. The van der Waals surface area contributed by atoms with Crippen LogP contribution >= 0.6 is 0 Å². The minimum absolute atomic E-state index is 0.352.